The summed E-state index contributed by atoms with van der Waals surface area (Å²) >= 11 is 0. The van der Waals surface area contributed by atoms with E-state index in [0.717, 1.165) is 4.31 Å². The van der Waals surface area contributed by atoms with Crippen LogP contribution in [-0.2, 0) is 24.5 Å². The highest BCUT2D eigenvalue weighted by molar-refractivity contribution is 7.86. The second-order valence-electron chi connectivity index (χ2n) is 5.37. The topological polar surface area (TPSA) is 104 Å². The number of carbonyl (C=O) groups excluding carboxylic acids is 1. The molecule has 0 amide bonds. The first kappa shape index (κ1) is 16.2. The van der Waals surface area contributed by atoms with E-state index in [9.17, 15) is 18.0 Å². The zero-order valence-electron chi connectivity index (χ0n) is 11.9. The molecule has 0 unspecified atom stereocenters. The van der Waals surface area contributed by atoms with Gasteiger partial charge in [0.2, 0.25) is 0 Å². The van der Waals surface area contributed by atoms with Crippen molar-refractivity contribution < 1.29 is 27.9 Å². The van der Waals surface area contributed by atoms with Crippen molar-refractivity contribution >= 4 is 22.1 Å². The third-order valence-electron chi connectivity index (χ3n) is 3.86. The molecule has 1 aliphatic heterocycles. The monoisotopic (exact) mass is 320 g/mol. The Morgan fingerprint density at radius 3 is 2.24 bits per heavy atom. The highest BCUT2D eigenvalue weighted by atomic mass is 32.2. The Morgan fingerprint density at radius 1 is 1.24 bits per heavy atom. The Labute approximate surface area is 123 Å². The van der Waals surface area contributed by atoms with Gasteiger partial charge in [0.05, 0.1) is 13.0 Å². The standard InChI is InChI=1S/C12H20N2O6S/c1-20-12(17)9-4-6-13(7-5-9)21(18,19)14(8-11(15)16)10-2-3-10/h9-10H,2-8H2,1H3,(H,15,16). The largest absolute Gasteiger partial charge is 0.480 e. The summed E-state index contributed by atoms with van der Waals surface area (Å²) in [5.74, 6) is -1.76. The highest BCUT2D eigenvalue weighted by Crippen LogP contribution is 2.31. The maximum atomic E-state index is 12.5. The van der Waals surface area contributed by atoms with Crippen LogP contribution in [0.5, 0.6) is 0 Å². The average molecular weight is 320 g/mol. The van der Waals surface area contributed by atoms with Crippen LogP contribution >= 0.6 is 0 Å². The van der Waals surface area contributed by atoms with Crippen LogP contribution in [0.4, 0.5) is 0 Å². The van der Waals surface area contributed by atoms with Crippen LogP contribution in [0.25, 0.3) is 0 Å². The SMILES string of the molecule is COC(=O)C1CCN(S(=O)(=O)N(CC(=O)O)C2CC2)CC1. The Balaban J connectivity index is 2.03. The molecule has 1 heterocycles. The van der Waals surface area contributed by atoms with Crippen molar-refractivity contribution in [3.05, 3.63) is 0 Å². The van der Waals surface area contributed by atoms with Crippen LogP contribution in [0.3, 0.4) is 0 Å². The molecule has 2 fully saturated rings. The number of methoxy groups -OCH3 is 1. The van der Waals surface area contributed by atoms with Gasteiger partial charge in [-0.2, -0.15) is 17.0 Å². The van der Waals surface area contributed by atoms with E-state index in [4.69, 9.17) is 5.11 Å². The minimum Gasteiger partial charge on any atom is -0.480 e. The van der Waals surface area contributed by atoms with Crippen molar-refractivity contribution in [3.8, 4) is 0 Å². The molecule has 2 rings (SSSR count). The number of nitrogens with zero attached hydrogens (tertiary/aromatic N) is 2. The maximum Gasteiger partial charge on any atom is 0.318 e. The Morgan fingerprint density at radius 2 is 1.81 bits per heavy atom. The van der Waals surface area contributed by atoms with Crippen LogP contribution in [0.15, 0.2) is 0 Å². The quantitative estimate of drug-likeness (QED) is 0.672. The third kappa shape index (κ3) is 3.72. The summed E-state index contributed by atoms with van der Waals surface area (Å²) in [6, 6.07) is -0.204. The molecular formula is C12H20N2O6S. The van der Waals surface area contributed by atoms with E-state index >= 15 is 0 Å². The first-order valence-electron chi connectivity index (χ1n) is 6.92. The van der Waals surface area contributed by atoms with Gasteiger partial charge < -0.3 is 9.84 Å². The first-order chi connectivity index (χ1) is 9.86. The molecule has 1 N–H and O–H groups in total. The molecule has 2 aliphatic rings. The summed E-state index contributed by atoms with van der Waals surface area (Å²) in [6.45, 7) is -0.0835. The van der Waals surface area contributed by atoms with Gasteiger partial charge >= 0.3 is 11.9 Å². The fraction of sp³-hybridized carbons (Fsp3) is 0.833. The van der Waals surface area contributed by atoms with Crippen molar-refractivity contribution in [2.45, 2.75) is 31.7 Å². The number of rotatable bonds is 6. The summed E-state index contributed by atoms with van der Waals surface area (Å²) in [4.78, 5) is 22.3. The molecule has 9 heteroatoms. The molecule has 1 saturated carbocycles. The molecule has 0 spiro atoms. The molecule has 1 aliphatic carbocycles. The molecule has 1 saturated heterocycles. The lowest BCUT2D eigenvalue weighted by Gasteiger charge is -2.33. The number of carboxylic acids is 1. The van der Waals surface area contributed by atoms with E-state index in [1.54, 1.807) is 0 Å². The molecule has 0 aromatic heterocycles. The summed E-state index contributed by atoms with van der Waals surface area (Å²) < 4.78 is 32.0. The van der Waals surface area contributed by atoms with Gasteiger partial charge in [0.25, 0.3) is 10.2 Å². The molecular weight excluding hydrogens is 300 g/mol. The number of esters is 1. The van der Waals surface area contributed by atoms with Crippen molar-refractivity contribution in [1.82, 2.24) is 8.61 Å². The molecule has 0 aromatic rings. The van der Waals surface area contributed by atoms with Crippen LogP contribution in [-0.4, -0.2) is 66.9 Å². The van der Waals surface area contributed by atoms with E-state index in [-0.39, 0.29) is 31.0 Å². The van der Waals surface area contributed by atoms with E-state index in [1.807, 2.05) is 0 Å². The number of aliphatic carboxylic acids is 1. The van der Waals surface area contributed by atoms with Crippen molar-refractivity contribution in [2.75, 3.05) is 26.7 Å². The maximum absolute atomic E-state index is 12.5. The minimum absolute atomic E-state index is 0.204. The van der Waals surface area contributed by atoms with Crippen molar-refractivity contribution in [1.29, 1.82) is 0 Å². The number of carboxylic acid groups (broad SMARTS) is 1. The van der Waals surface area contributed by atoms with Gasteiger partial charge in [-0.3, -0.25) is 9.59 Å². The number of ether oxygens (including phenoxy) is 1. The average Bonchev–Trinajstić information content (AvgIpc) is 3.28. The normalized spacial score (nSPS) is 21.4. The molecule has 0 radical (unpaired) electrons. The van der Waals surface area contributed by atoms with Crippen LogP contribution in [0.1, 0.15) is 25.7 Å². The van der Waals surface area contributed by atoms with E-state index < -0.39 is 22.7 Å². The van der Waals surface area contributed by atoms with Crippen LogP contribution < -0.4 is 0 Å². The van der Waals surface area contributed by atoms with E-state index in [1.165, 1.54) is 11.4 Å². The van der Waals surface area contributed by atoms with Gasteiger partial charge in [-0.05, 0) is 25.7 Å². The minimum atomic E-state index is -3.78. The smallest absolute Gasteiger partial charge is 0.318 e. The zero-order chi connectivity index (χ0) is 15.6. The van der Waals surface area contributed by atoms with Crippen molar-refractivity contribution in [3.63, 3.8) is 0 Å². The number of hydrogen-bond donors (Lipinski definition) is 1. The fourth-order valence-corrected chi connectivity index (χ4v) is 4.36. The second-order valence-corrected chi connectivity index (χ2v) is 7.26. The molecule has 8 nitrogen and oxygen atoms in total. The number of hydrogen-bond acceptors (Lipinski definition) is 5. The second kappa shape index (κ2) is 6.29. The van der Waals surface area contributed by atoms with Gasteiger partial charge in [-0.1, -0.05) is 0 Å². The lowest BCUT2D eigenvalue weighted by atomic mass is 9.99. The van der Waals surface area contributed by atoms with Gasteiger partial charge in [-0.25, -0.2) is 0 Å². The summed E-state index contributed by atoms with van der Waals surface area (Å²) in [5.41, 5.74) is 0. The molecule has 120 valence electrons. The Hall–Kier alpha value is -1.19. The Kier molecular flexibility index (Phi) is 4.84. The van der Waals surface area contributed by atoms with E-state index in [2.05, 4.69) is 4.74 Å². The molecule has 0 aromatic carbocycles. The van der Waals surface area contributed by atoms with Crippen LogP contribution in [0, 0.1) is 5.92 Å². The first-order valence-corrected chi connectivity index (χ1v) is 8.32. The van der Waals surface area contributed by atoms with Gasteiger partial charge in [0.1, 0.15) is 6.54 Å². The third-order valence-corrected chi connectivity index (χ3v) is 5.89. The lowest BCUT2D eigenvalue weighted by molar-refractivity contribution is -0.146. The fourth-order valence-electron chi connectivity index (χ4n) is 2.53. The van der Waals surface area contributed by atoms with Crippen LogP contribution in [0.2, 0.25) is 0 Å². The molecule has 0 atom stereocenters. The predicted octanol–water partition coefficient (Wildman–Crippen LogP) is -0.335. The summed E-state index contributed by atoms with van der Waals surface area (Å²) in [7, 11) is -2.47. The lowest BCUT2D eigenvalue weighted by Crippen LogP contribution is -2.50. The van der Waals surface area contributed by atoms with Gasteiger partial charge in [0.15, 0.2) is 0 Å². The molecule has 0 bridgehead atoms. The summed E-state index contributed by atoms with van der Waals surface area (Å²) in [6.07, 6.45) is 2.20. The number of piperidine rings is 1. The van der Waals surface area contributed by atoms with E-state index in [0.29, 0.717) is 25.7 Å². The summed E-state index contributed by atoms with van der Waals surface area (Å²) in [5, 5.41) is 8.88. The highest BCUT2D eigenvalue weighted by Gasteiger charge is 2.42. The Bertz CT molecular complexity index is 508. The number of carbonyl (C=O) groups is 2. The van der Waals surface area contributed by atoms with Crippen molar-refractivity contribution in [2.24, 2.45) is 5.92 Å². The van der Waals surface area contributed by atoms with Gasteiger partial charge in [0, 0.05) is 19.1 Å². The molecule has 21 heavy (non-hydrogen) atoms. The van der Waals surface area contributed by atoms with Gasteiger partial charge in [-0.15, -0.1) is 0 Å². The zero-order valence-corrected chi connectivity index (χ0v) is 12.7. The predicted molar refractivity (Wildman–Crippen MR) is 72.6 cm³/mol.